The van der Waals surface area contributed by atoms with Crippen molar-refractivity contribution in [1.29, 1.82) is 0 Å². The van der Waals surface area contributed by atoms with Crippen LogP contribution >= 0.6 is 11.6 Å². The van der Waals surface area contributed by atoms with Crippen LogP contribution in [-0.2, 0) is 4.79 Å². The highest BCUT2D eigenvalue weighted by Crippen LogP contribution is 2.39. The van der Waals surface area contributed by atoms with Crippen LogP contribution in [-0.4, -0.2) is 54.5 Å². The number of fused-ring (bicyclic) bond motifs is 1. The Morgan fingerprint density at radius 2 is 1.64 bits per heavy atom. The first-order chi connectivity index (χ1) is 16.1. The number of nitrogens with zero attached hydrogens (tertiary/aromatic N) is 2. The molecule has 174 valence electrons. The van der Waals surface area contributed by atoms with Crippen molar-refractivity contribution in [3.63, 3.8) is 0 Å². The monoisotopic (exact) mass is 468 g/mol. The Morgan fingerprint density at radius 3 is 2.45 bits per heavy atom. The zero-order valence-electron chi connectivity index (χ0n) is 18.7. The number of rotatable bonds is 3. The molecule has 0 radical (unpaired) electrons. The van der Waals surface area contributed by atoms with Gasteiger partial charge in [0.15, 0.2) is 11.5 Å². The van der Waals surface area contributed by atoms with Crippen LogP contribution in [0.15, 0.2) is 42.5 Å². The molecule has 2 atom stereocenters. The summed E-state index contributed by atoms with van der Waals surface area (Å²) in [5.74, 6) is 1.48. The fourth-order valence-corrected chi connectivity index (χ4v) is 5.26. The second kappa shape index (κ2) is 9.64. The zero-order chi connectivity index (χ0) is 22.8. The summed E-state index contributed by atoms with van der Waals surface area (Å²) in [4.78, 5) is 30.4. The van der Waals surface area contributed by atoms with Crippen LogP contribution in [0.25, 0.3) is 0 Å². The summed E-state index contributed by atoms with van der Waals surface area (Å²) < 4.78 is 11.6. The van der Waals surface area contributed by atoms with E-state index in [2.05, 4.69) is 6.07 Å². The molecule has 0 spiro atoms. The maximum atomic E-state index is 13.6. The van der Waals surface area contributed by atoms with Crippen molar-refractivity contribution >= 4 is 23.4 Å². The van der Waals surface area contributed by atoms with Crippen molar-refractivity contribution in [3.8, 4) is 11.5 Å². The largest absolute Gasteiger partial charge is 0.490 e. The highest BCUT2D eigenvalue weighted by atomic mass is 35.5. The maximum absolute atomic E-state index is 13.6. The Balaban J connectivity index is 1.29. The third-order valence-corrected chi connectivity index (χ3v) is 7.09. The van der Waals surface area contributed by atoms with Crippen LogP contribution in [0.1, 0.15) is 54.1 Å². The van der Waals surface area contributed by atoms with Crippen LogP contribution in [0.4, 0.5) is 0 Å². The van der Waals surface area contributed by atoms with Gasteiger partial charge in [-0.2, -0.15) is 0 Å². The van der Waals surface area contributed by atoms with E-state index in [1.165, 1.54) is 0 Å². The van der Waals surface area contributed by atoms with Gasteiger partial charge in [-0.05, 0) is 67.6 Å². The molecule has 5 rings (SSSR count). The van der Waals surface area contributed by atoms with Crippen LogP contribution < -0.4 is 9.47 Å². The second-order valence-electron chi connectivity index (χ2n) is 9.04. The average molecular weight is 469 g/mol. The molecule has 7 heteroatoms. The number of likely N-dealkylation sites (tertiary alicyclic amines) is 2. The SMILES string of the molecule is O=C(c1ccc(Cl)cc1)N1CCC[C@@H](C(=O)N2CCC[C@@H]2c2ccc3c(c2)OCCCO3)C1. The summed E-state index contributed by atoms with van der Waals surface area (Å²) in [6.45, 7) is 3.19. The first kappa shape index (κ1) is 22.1. The number of ether oxygens (including phenoxy) is 2. The minimum atomic E-state index is -0.170. The number of carbonyl (C=O) groups excluding carboxylic acids is 2. The summed E-state index contributed by atoms with van der Waals surface area (Å²) >= 11 is 5.96. The van der Waals surface area contributed by atoms with Gasteiger partial charge in [0.2, 0.25) is 5.91 Å². The van der Waals surface area contributed by atoms with Crippen molar-refractivity contribution in [2.45, 2.75) is 38.1 Å². The van der Waals surface area contributed by atoms with Gasteiger partial charge in [0.25, 0.3) is 5.91 Å². The predicted molar refractivity (Wildman–Crippen MR) is 126 cm³/mol. The number of piperidine rings is 1. The van der Waals surface area contributed by atoms with Crippen LogP contribution in [0.2, 0.25) is 5.02 Å². The lowest BCUT2D eigenvalue weighted by molar-refractivity contribution is -0.138. The Hall–Kier alpha value is -2.73. The Bertz CT molecular complexity index is 1030. The summed E-state index contributed by atoms with van der Waals surface area (Å²) in [5, 5.41) is 0.605. The minimum absolute atomic E-state index is 0.0370. The van der Waals surface area contributed by atoms with Gasteiger partial charge in [0, 0.05) is 36.6 Å². The molecule has 6 nitrogen and oxygen atoms in total. The lowest BCUT2D eigenvalue weighted by Gasteiger charge is -2.36. The normalized spacial score (nSPS) is 22.7. The second-order valence-corrected chi connectivity index (χ2v) is 9.48. The van der Waals surface area contributed by atoms with Gasteiger partial charge in [-0.3, -0.25) is 9.59 Å². The Morgan fingerprint density at radius 1 is 0.879 bits per heavy atom. The van der Waals surface area contributed by atoms with Crippen molar-refractivity contribution in [1.82, 2.24) is 9.80 Å². The molecule has 0 aliphatic carbocycles. The number of halogens is 1. The predicted octanol–water partition coefficient (Wildman–Crippen LogP) is 4.72. The molecule has 0 bridgehead atoms. The molecule has 2 fully saturated rings. The summed E-state index contributed by atoms with van der Waals surface area (Å²) in [6, 6.07) is 13.0. The third kappa shape index (κ3) is 4.67. The van der Waals surface area contributed by atoms with E-state index in [9.17, 15) is 9.59 Å². The number of hydrogen-bond donors (Lipinski definition) is 0. The number of benzene rings is 2. The molecule has 0 N–H and O–H groups in total. The van der Waals surface area contributed by atoms with Gasteiger partial charge in [-0.25, -0.2) is 0 Å². The molecule has 3 aliphatic rings. The topological polar surface area (TPSA) is 59.1 Å². The third-order valence-electron chi connectivity index (χ3n) is 6.84. The molecular formula is C26H29ClN2O4. The molecule has 0 aromatic heterocycles. The van der Waals surface area contributed by atoms with Gasteiger partial charge in [-0.15, -0.1) is 0 Å². The molecule has 0 saturated carbocycles. The quantitative estimate of drug-likeness (QED) is 0.654. The van der Waals surface area contributed by atoms with Crippen molar-refractivity contribution < 1.29 is 19.1 Å². The van der Waals surface area contributed by atoms with E-state index in [4.69, 9.17) is 21.1 Å². The molecule has 3 aliphatic heterocycles. The fourth-order valence-electron chi connectivity index (χ4n) is 5.14. The average Bonchev–Trinajstić information content (AvgIpc) is 3.22. The van der Waals surface area contributed by atoms with Crippen LogP contribution in [0, 0.1) is 5.92 Å². The highest BCUT2D eigenvalue weighted by Gasteiger charge is 2.37. The maximum Gasteiger partial charge on any atom is 0.253 e. The zero-order valence-corrected chi connectivity index (χ0v) is 19.4. The smallest absolute Gasteiger partial charge is 0.253 e. The van der Waals surface area contributed by atoms with Crippen LogP contribution in [0.5, 0.6) is 11.5 Å². The van der Waals surface area contributed by atoms with E-state index in [0.29, 0.717) is 36.9 Å². The van der Waals surface area contributed by atoms with E-state index in [0.717, 1.165) is 55.7 Å². The van der Waals surface area contributed by atoms with Crippen LogP contribution in [0.3, 0.4) is 0 Å². The van der Waals surface area contributed by atoms with Crippen molar-refractivity contribution in [2.75, 3.05) is 32.8 Å². The standard InChI is InChI=1S/C26H29ClN2O4/c27-21-9-6-18(7-10-21)25(30)28-12-1-4-20(17-28)26(31)29-13-2-5-22(29)19-8-11-23-24(16-19)33-15-3-14-32-23/h6-11,16,20,22H,1-5,12-15,17H2/t20-,22-/m1/s1. The lowest BCUT2D eigenvalue weighted by atomic mass is 9.94. The first-order valence-electron chi connectivity index (χ1n) is 11.8. The van der Waals surface area contributed by atoms with E-state index in [1.54, 1.807) is 24.3 Å². The first-order valence-corrected chi connectivity index (χ1v) is 12.2. The van der Waals surface area contributed by atoms with Crippen molar-refractivity contribution in [2.24, 2.45) is 5.92 Å². The molecule has 2 amide bonds. The highest BCUT2D eigenvalue weighted by molar-refractivity contribution is 6.30. The van der Waals surface area contributed by atoms with Gasteiger partial charge in [0.1, 0.15) is 0 Å². The molecular weight excluding hydrogens is 440 g/mol. The molecule has 2 aromatic rings. The Labute approximate surface area is 199 Å². The number of hydrogen-bond acceptors (Lipinski definition) is 4. The van der Waals surface area contributed by atoms with E-state index >= 15 is 0 Å². The van der Waals surface area contributed by atoms with Crippen molar-refractivity contribution in [3.05, 3.63) is 58.6 Å². The number of amides is 2. The Kier molecular flexibility index (Phi) is 6.45. The molecule has 2 saturated heterocycles. The molecule has 2 aromatic carbocycles. The van der Waals surface area contributed by atoms with E-state index in [-0.39, 0.29) is 23.8 Å². The van der Waals surface area contributed by atoms with Gasteiger partial charge in [-0.1, -0.05) is 17.7 Å². The molecule has 33 heavy (non-hydrogen) atoms. The minimum Gasteiger partial charge on any atom is -0.490 e. The summed E-state index contributed by atoms with van der Waals surface area (Å²) in [7, 11) is 0. The van der Waals surface area contributed by atoms with Gasteiger partial charge < -0.3 is 19.3 Å². The fraction of sp³-hybridized carbons (Fsp3) is 0.462. The summed E-state index contributed by atoms with van der Waals surface area (Å²) in [5.41, 5.74) is 1.70. The van der Waals surface area contributed by atoms with E-state index in [1.807, 2.05) is 21.9 Å². The van der Waals surface area contributed by atoms with Gasteiger partial charge >= 0.3 is 0 Å². The summed E-state index contributed by atoms with van der Waals surface area (Å²) in [6.07, 6.45) is 4.42. The molecule has 3 heterocycles. The number of carbonyl (C=O) groups is 2. The lowest BCUT2D eigenvalue weighted by Crippen LogP contribution is -2.46. The van der Waals surface area contributed by atoms with Gasteiger partial charge in [0.05, 0.1) is 25.2 Å². The molecule has 0 unspecified atom stereocenters. The van der Waals surface area contributed by atoms with E-state index < -0.39 is 0 Å².